The molecule has 0 saturated carbocycles. The molecular formula is C21H22N2O4. The number of aromatic amines is 1. The number of allylic oxidation sites excluding steroid dienone is 1. The molecule has 1 heterocycles. The van der Waals surface area contributed by atoms with E-state index in [1.165, 1.54) is 6.08 Å². The van der Waals surface area contributed by atoms with Gasteiger partial charge in [-0.05, 0) is 57.0 Å². The van der Waals surface area contributed by atoms with Crippen molar-refractivity contribution in [1.29, 1.82) is 5.26 Å². The number of benzene rings is 1. The van der Waals surface area contributed by atoms with Crippen molar-refractivity contribution in [2.24, 2.45) is 0 Å². The van der Waals surface area contributed by atoms with Gasteiger partial charge in [0, 0.05) is 5.69 Å². The van der Waals surface area contributed by atoms with E-state index >= 15 is 0 Å². The summed E-state index contributed by atoms with van der Waals surface area (Å²) in [4.78, 5) is 27.8. The van der Waals surface area contributed by atoms with Gasteiger partial charge >= 0.3 is 5.97 Å². The number of carbonyl (C=O) groups is 2. The Morgan fingerprint density at radius 2 is 1.81 bits per heavy atom. The zero-order chi connectivity index (χ0) is 20.0. The molecule has 0 aliphatic rings. The van der Waals surface area contributed by atoms with E-state index in [0.29, 0.717) is 29.0 Å². The lowest BCUT2D eigenvalue weighted by Crippen LogP contribution is -2.08. The minimum atomic E-state index is -0.489. The molecule has 6 nitrogen and oxygen atoms in total. The van der Waals surface area contributed by atoms with E-state index in [1.807, 2.05) is 13.0 Å². The lowest BCUT2D eigenvalue weighted by molar-refractivity contribution is 0.0525. The van der Waals surface area contributed by atoms with Crippen LogP contribution in [-0.2, 0) is 4.74 Å². The summed E-state index contributed by atoms with van der Waals surface area (Å²) in [5.74, 6) is -0.242. The minimum Gasteiger partial charge on any atom is -0.494 e. The van der Waals surface area contributed by atoms with Gasteiger partial charge in [0.25, 0.3) is 0 Å². The van der Waals surface area contributed by atoms with Gasteiger partial charge in [-0.2, -0.15) is 5.26 Å². The summed E-state index contributed by atoms with van der Waals surface area (Å²) in [6.07, 6.45) is 1.51. The summed E-state index contributed by atoms with van der Waals surface area (Å²) >= 11 is 0. The van der Waals surface area contributed by atoms with E-state index in [0.717, 1.165) is 5.75 Å². The zero-order valence-corrected chi connectivity index (χ0v) is 15.9. The second-order valence-electron chi connectivity index (χ2n) is 5.85. The predicted octanol–water partition coefficient (Wildman–Crippen LogP) is 4.00. The van der Waals surface area contributed by atoms with Crippen LogP contribution in [-0.4, -0.2) is 30.0 Å². The van der Waals surface area contributed by atoms with Crippen LogP contribution in [0.2, 0.25) is 0 Å². The number of hydrogen-bond donors (Lipinski definition) is 1. The normalized spacial score (nSPS) is 11.0. The number of Topliss-reactive ketones (excluding diaryl/α,β-unsaturated/α-hetero) is 1. The van der Waals surface area contributed by atoms with Crippen LogP contribution in [0.5, 0.6) is 5.75 Å². The van der Waals surface area contributed by atoms with Crippen LogP contribution in [0.4, 0.5) is 0 Å². The Hall–Kier alpha value is -3.33. The molecule has 0 aliphatic carbocycles. The van der Waals surface area contributed by atoms with Crippen LogP contribution in [0.25, 0.3) is 6.08 Å². The predicted molar refractivity (Wildman–Crippen MR) is 102 cm³/mol. The van der Waals surface area contributed by atoms with Crippen molar-refractivity contribution in [3.05, 3.63) is 57.9 Å². The molecule has 0 fully saturated rings. The quantitative estimate of drug-likeness (QED) is 0.346. The molecule has 0 unspecified atom stereocenters. The van der Waals surface area contributed by atoms with Gasteiger partial charge in [-0.15, -0.1) is 0 Å². The van der Waals surface area contributed by atoms with Gasteiger partial charge in [-0.25, -0.2) is 4.79 Å². The molecule has 27 heavy (non-hydrogen) atoms. The van der Waals surface area contributed by atoms with Gasteiger partial charge in [-0.1, -0.05) is 12.1 Å². The first-order valence-electron chi connectivity index (χ1n) is 8.68. The number of hydrogen-bond acceptors (Lipinski definition) is 5. The highest BCUT2D eigenvalue weighted by Crippen LogP contribution is 2.23. The van der Waals surface area contributed by atoms with Crippen LogP contribution in [0, 0.1) is 25.2 Å². The molecule has 1 N–H and O–H groups in total. The number of ether oxygens (including phenoxy) is 2. The molecule has 0 spiro atoms. The molecule has 1 aromatic carbocycles. The Kier molecular flexibility index (Phi) is 6.56. The SMILES string of the molecule is CCOC(=O)c1c(C)[nH]c(C(=O)/C(C#N)=C/c2ccc(OCC)cc2)c1C. The molecule has 0 amide bonds. The molecular weight excluding hydrogens is 344 g/mol. The third-order valence-electron chi connectivity index (χ3n) is 4.01. The first kappa shape index (κ1) is 20.0. The maximum atomic E-state index is 12.8. The van der Waals surface area contributed by atoms with Crippen LogP contribution in [0.1, 0.15) is 51.5 Å². The first-order valence-corrected chi connectivity index (χ1v) is 8.68. The molecule has 0 aliphatic heterocycles. The fourth-order valence-electron chi connectivity index (χ4n) is 2.76. The van der Waals surface area contributed by atoms with E-state index in [2.05, 4.69) is 4.98 Å². The minimum absolute atomic E-state index is 0.0288. The summed E-state index contributed by atoms with van der Waals surface area (Å²) in [6.45, 7) is 7.77. The number of nitrogens with zero attached hydrogens (tertiary/aromatic N) is 1. The van der Waals surface area contributed by atoms with Gasteiger partial charge in [0.1, 0.15) is 17.4 Å². The fraction of sp³-hybridized carbons (Fsp3) is 0.286. The largest absolute Gasteiger partial charge is 0.494 e. The summed E-state index contributed by atoms with van der Waals surface area (Å²) in [5, 5.41) is 9.45. The second-order valence-corrected chi connectivity index (χ2v) is 5.85. The molecule has 2 aromatic rings. The highest BCUT2D eigenvalue weighted by Gasteiger charge is 2.24. The summed E-state index contributed by atoms with van der Waals surface area (Å²) in [6, 6.07) is 9.03. The first-order chi connectivity index (χ1) is 12.9. The molecule has 140 valence electrons. The van der Waals surface area contributed by atoms with Gasteiger partial charge in [0.15, 0.2) is 0 Å². The lowest BCUT2D eigenvalue weighted by Gasteiger charge is -2.04. The Morgan fingerprint density at radius 1 is 1.15 bits per heavy atom. The number of ketones is 1. The van der Waals surface area contributed by atoms with E-state index in [1.54, 1.807) is 45.0 Å². The lowest BCUT2D eigenvalue weighted by atomic mass is 10.0. The van der Waals surface area contributed by atoms with Crippen molar-refractivity contribution < 1.29 is 19.1 Å². The van der Waals surface area contributed by atoms with Gasteiger partial charge in [-0.3, -0.25) is 4.79 Å². The standard InChI is InChI=1S/C21H22N2O4/c1-5-26-17-9-7-15(8-10-17)11-16(12-22)20(24)19-13(3)18(14(4)23-19)21(25)27-6-2/h7-11,23H,5-6H2,1-4H3/b16-11+. The number of esters is 1. The maximum Gasteiger partial charge on any atom is 0.340 e. The summed E-state index contributed by atoms with van der Waals surface area (Å²) in [7, 11) is 0. The molecule has 0 atom stereocenters. The molecule has 6 heteroatoms. The van der Waals surface area contributed by atoms with E-state index in [4.69, 9.17) is 9.47 Å². The topological polar surface area (TPSA) is 92.2 Å². The Balaban J connectivity index is 2.36. The zero-order valence-electron chi connectivity index (χ0n) is 15.9. The van der Waals surface area contributed by atoms with E-state index < -0.39 is 11.8 Å². The number of nitrogens with one attached hydrogen (secondary N) is 1. The van der Waals surface area contributed by atoms with Crippen molar-refractivity contribution in [3.8, 4) is 11.8 Å². The number of aryl methyl sites for hydroxylation is 1. The highest BCUT2D eigenvalue weighted by atomic mass is 16.5. The van der Waals surface area contributed by atoms with Crippen molar-refractivity contribution in [1.82, 2.24) is 4.98 Å². The number of carbonyl (C=O) groups excluding carboxylic acids is 2. The Morgan fingerprint density at radius 3 is 2.37 bits per heavy atom. The molecule has 2 rings (SSSR count). The van der Waals surface area contributed by atoms with Gasteiger partial charge < -0.3 is 14.5 Å². The summed E-state index contributed by atoms with van der Waals surface area (Å²) < 4.78 is 10.4. The summed E-state index contributed by atoms with van der Waals surface area (Å²) in [5.41, 5.74) is 2.23. The Bertz CT molecular complexity index is 915. The maximum absolute atomic E-state index is 12.8. The smallest absolute Gasteiger partial charge is 0.340 e. The van der Waals surface area contributed by atoms with Crippen molar-refractivity contribution >= 4 is 17.8 Å². The molecule has 0 bridgehead atoms. The van der Waals surface area contributed by atoms with Crippen molar-refractivity contribution in [2.45, 2.75) is 27.7 Å². The van der Waals surface area contributed by atoms with Crippen LogP contribution in [0.3, 0.4) is 0 Å². The number of rotatable bonds is 7. The van der Waals surface area contributed by atoms with Crippen LogP contribution in [0.15, 0.2) is 29.8 Å². The van der Waals surface area contributed by atoms with Crippen LogP contribution < -0.4 is 4.74 Å². The van der Waals surface area contributed by atoms with Crippen molar-refractivity contribution in [3.63, 3.8) is 0 Å². The number of H-pyrrole nitrogens is 1. The van der Waals surface area contributed by atoms with Gasteiger partial charge in [0.2, 0.25) is 5.78 Å². The number of nitriles is 1. The second kappa shape index (κ2) is 8.86. The fourth-order valence-corrected chi connectivity index (χ4v) is 2.76. The molecule has 1 aromatic heterocycles. The third-order valence-corrected chi connectivity index (χ3v) is 4.01. The average molecular weight is 366 g/mol. The monoisotopic (exact) mass is 366 g/mol. The molecule has 0 saturated heterocycles. The Labute approximate surface area is 158 Å². The van der Waals surface area contributed by atoms with E-state index in [9.17, 15) is 14.9 Å². The molecule has 0 radical (unpaired) electrons. The third kappa shape index (κ3) is 4.45. The van der Waals surface area contributed by atoms with E-state index in [-0.39, 0.29) is 17.9 Å². The number of aromatic nitrogens is 1. The highest BCUT2D eigenvalue weighted by molar-refractivity contribution is 6.15. The van der Waals surface area contributed by atoms with Gasteiger partial charge in [0.05, 0.1) is 24.5 Å². The van der Waals surface area contributed by atoms with Crippen LogP contribution >= 0.6 is 0 Å². The van der Waals surface area contributed by atoms with Crippen molar-refractivity contribution in [2.75, 3.05) is 13.2 Å². The average Bonchev–Trinajstić information content (AvgIpc) is 2.95.